The summed E-state index contributed by atoms with van der Waals surface area (Å²) < 4.78 is 13.7. The Morgan fingerprint density at radius 2 is 2.00 bits per heavy atom. The Labute approximate surface area is 132 Å². The molecule has 1 atom stereocenters. The Bertz CT molecular complexity index is 470. The summed E-state index contributed by atoms with van der Waals surface area (Å²) in [4.78, 5) is 2.35. The largest absolute Gasteiger partial charge is 0.312 e. The van der Waals surface area contributed by atoms with E-state index < -0.39 is 0 Å². The fourth-order valence-corrected chi connectivity index (χ4v) is 3.92. The Morgan fingerprint density at radius 1 is 1.33 bits per heavy atom. The Kier molecular flexibility index (Phi) is 5.64. The number of hydrogen-bond acceptors (Lipinski definition) is 2. The van der Waals surface area contributed by atoms with Gasteiger partial charge in [-0.15, -0.1) is 0 Å². The third kappa shape index (κ3) is 3.41. The van der Waals surface area contributed by atoms with Crippen molar-refractivity contribution >= 4 is 11.6 Å². The van der Waals surface area contributed by atoms with Crippen LogP contribution in [0.25, 0.3) is 0 Å². The fraction of sp³-hybridized carbons (Fsp3) is 0.647. The maximum atomic E-state index is 13.7. The van der Waals surface area contributed by atoms with Crippen molar-refractivity contribution in [1.29, 1.82) is 0 Å². The topological polar surface area (TPSA) is 15.3 Å². The van der Waals surface area contributed by atoms with Crippen LogP contribution in [0.2, 0.25) is 5.02 Å². The smallest absolute Gasteiger partial charge is 0.142 e. The molecule has 0 aromatic heterocycles. The van der Waals surface area contributed by atoms with Crippen molar-refractivity contribution in [2.24, 2.45) is 0 Å². The van der Waals surface area contributed by atoms with Gasteiger partial charge in [-0.1, -0.05) is 43.5 Å². The average molecular weight is 313 g/mol. The Balaban J connectivity index is 2.28. The van der Waals surface area contributed by atoms with Crippen molar-refractivity contribution in [2.75, 3.05) is 20.6 Å². The van der Waals surface area contributed by atoms with Crippen LogP contribution >= 0.6 is 11.6 Å². The van der Waals surface area contributed by atoms with Crippen molar-refractivity contribution in [3.63, 3.8) is 0 Å². The monoisotopic (exact) mass is 312 g/mol. The molecule has 0 bridgehead atoms. The molecule has 0 spiro atoms. The van der Waals surface area contributed by atoms with E-state index in [1.165, 1.54) is 31.7 Å². The Morgan fingerprint density at radius 3 is 2.57 bits per heavy atom. The highest BCUT2D eigenvalue weighted by molar-refractivity contribution is 6.31. The number of rotatable bonds is 6. The molecule has 1 saturated carbocycles. The maximum Gasteiger partial charge on any atom is 0.142 e. The van der Waals surface area contributed by atoms with Gasteiger partial charge in [0.25, 0.3) is 0 Å². The predicted octanol–water partition coefficient (Wildman–Crippen LogP) is 3.87. The minimum Gasteiger partial charge on any atom is -0.312 e. The van der Waals surface area contributed by atoms with Gasteiger partial charge in [0.1, 0.15) is 5.82 Å². The van der Waals surface area contributed by atoms with Crippen LogP contribution in [0.1, 0.15) is 38.2 Å². The summed E-state index contributed by atoms with van der Waals surface area (Å²) in [5.41, 5.74) is 1.04. The molecule has 0 saturated heterocycles. The zero-order chi connectivity index (χ0) is 15.5. The van der Waals surface area contributed by atoms with Crippen LogP contribution in [0.3, 0.4) is 0 Å². The van der Waals surface area contributed by atoms with Crippen LogP contribution in [-0.4, -0.2) is 37.1 Å². The molecule has 0 amide bonds. The molecule has 1 fully saturated rings. The molecule has 2 nitrogen and oxygen atoms in total. The van der Waals surface area contributed by atoms with Crippen molar-refractivity contribution in [1.82, 2.24) is 10.2 Å². The van der Waals surface area contributed by atoms with Gasteiger partial charge in [-0.2, -0.15) is 0 Å². The van der Waals surface area contributed by atoms with Gasteiger partial charge in [0.05, 0.1) is 5.02 Å². The first kappa shape index (κ1) is 16.7. The molecular formula is C17H26ClFN2. The lowest BCUT2D eigenvalue weighted by Gasteiger charge is -2.44. The lowest BCUT2D eigenvalue weighted by molar-refractivity contribution is 0.105. The highest BCUT2D eigenvalue weighted by Crippen LogP contribution is 2.38. The average Bonchev–Trinajstić information content (AvgIpc) is 2.94. The van der Waals surface area contributed by atoms with Gasteiger partial charge in [0.15, 0.2) is 0 Å². The van der Waals surface area contributed by atoms with Gasteiger partial charge in [-0.05, 0) is 51.5 Å². The van der Waals surface area contributed by atoms with E-state index in [1.807, 2.05) is 6.07 Å². The second kappa shape index (κ2) is 7.08. The molecule has 0 aliphatic heterocycles. The summed E-state index contributed by atoms with van der Waals surface area (Å²) in [6.07, 6.45) is 5.66. The zero-order valence-corrected chi connectivity index (χ0v) is 14.0. The normalized spacial score (nSPS) is 19.1. The summed E-state index contributed by atoms with van der Waals surface area (Å²) in [5.74, 6) is -0.324. The molecule has 0 radical (unpaired) electrons. The molecule has 1 N–H and O–H groups in total. The van der Waals surface area contributed by atoms with Crippen molar-refractivity contribution in [3.05, 3.63) is 34.6 Å². The molecule has 0 heterocycles. The SMILES string of the molecule is CCNC(Cc1cccc(F)c1Cl)C1(N(C)C)CCCC1. The summed E-state index contributed by atoms with van der Waals surface area (Å²) in [6, 6.07) is 5.40. The van der Waals surface area contributed by atoms with Gasteiger partial charge in [0.2, 0.25) is 0 Å². The minimum atomic E-state index is -0.324. The molecule has 2 rings (SSSR count). The zero-order valence-electron chi connectivity index (χ0n) is 13.3. The molecular weight excluding hydrogens is 287 g/mol. The van der Waals surface area contributed by atoms with Gasteiger partial charge in [-0.3, -0.25) is 0 Å². The highest BCUT2D eigenvalue weighted by Gasteiger charge is 2.42. The third-order valence-corrected chi connectivity index (χ3v) is 5.34. The number of hydrogen-bond donors (Lipinski definition) is 1. The first-order valence-electron chi connectivity index (χ1n) is 7.85. The third-order valence-electron chi connectivity index (χ3n) is 4.91. The van der Waals surface area contributed by atoms with Crippen LogP contribution in [0.15, 0.2) is 18.2 Å². The standard InChI is InChI=1S/C17H26ClFN2/c1-4-20-15(17(21(2)3)10-5-6-11-17)12-13-8-7-9-14(19)16(13)18/h7-9,15,20H,4-6,10-12H2,1-3H3. The van der Waals surface area contributed by atoms with E-state index in [-0.39, 0.29) is 16.4 Å². The second-order valence-corrected chi connectivity index (χ2v) is 6.61. The molecule has 1 unspecified atom stereocenters. The molecule has 118 valence electrons. The van der Waals surface area contributed by atoms with E-state index >= 15 is 0 Å². The minimum absolute atomic E-state index is 0.145. The van der Waals surface area contributed by atoms with Crippen molar-refractivity contribution in [3.8, 4) is 0 Å². The molecule has 1 aliphatic carbocycles. The second-order valence-electron chi connectivity index (χ2n) is 6.23. The van der Waals surface area contributed by atoms with Gasteiger partial charge in [-0.25, -0.2) is 4.39 Å². The van der Waals surface area contributed by atoms with Gasteiger partial charge < -0.3 is 10.2 Å². The van der Waals surface area contributed by atoms with E-state index in [4.69, 9.17) is 11.6 Å². The molecule has 1 aliphatic rings. The fourth-order valence-electron chi connectivity index (χ4n) is 3.72. The molecule has 21 heavy (non-hydrogen) atoms. The van der Waals surface area contributed by atoms with E-state index in [0.29, 0.717) is 6.04 Å². The lowest BCUT2D eigenvalue weighted by atomic mass is 9.83. The van der Waals surface area contributed by atoms with E-state index in [9.17, 15) is 4.39 Å². The molecule has 1 aromatic rings. The van der Waals surface area contributed by atoms with Crippen molar-refractivity contribution < 1.29 is 4.39 Å². The van der Waals surface area contributed by atoms with E-state index in [1.54, 1.807) is 6.07 Å². The van der Waals surface area contributed by atoms with Crippen LogP contribution in [0.5, 0.6) is 0 Å². The first-order valence-corrected chi connectivity index (χ1v) is 8.22. The summed E-state index contributed by atoms with van der Waals surface area (Å²) in [5, 5.41) is 3.89. The number of likely N-dealkylation sites (N-methyl/N-ethyl adjacent to an activating group) is 2. The van der Waals surface area contributed by atoms with Crippen LogP contribution in [0, 0.1) is 5.82 Å². The predicted molar refractivity (Wildman–Crippen MR) is 87.5 cm³/mol. The first-order chi connectivity index (χ1) is 10.0. The van der Waals surface area contributed by atoms with E-state index in [2.05, 4.69) is 31.2 Å². The highest BCUT2D eigenvalue weighted by atomic mass is 35.5. The van der Waals surface area contributed by atoms with Gasteiger partial charge >= 0.3 is 0 Å². The number of nitrogens with one attached hydrogen (secondary N) is 1. The molecule has 1 aromatic carbocycles. The summed E-state index contributed by atoms with van der Waals surface area (Å²) >= 11 is 6.15. The quantitative estimate of drug-likeness (QED) is 0.857. The lowest BCUT2D eigenvalue weighted by Crippen LogP contribution is -2.58. The Hall–Kier alpha value is -0.640. The number of nitrogens with zero attached hydrogens (tertiary/aromatic N) is 1. The van der Waals surface area contributed by atoms with E-state index in [0.717, 1.165) is 18.5 Å². The number of benzene rings is 1. The maximum absolute atomic E-state index is 13.7. The summed E-state index contributed by atoms with van der Waals surface area (Å²) in [7, 11) is 4.31. The molecule has 4 heteroatoms. The van der Waals surface area contributed by atoms with Gasteiger partial charge in [0, 0.05) is 11.6 Å². The number of halogens is 2. The van der Waals surface area contributed by atoms with Crippen LogP contribution in [0.4, 0.5) is 4.39 Å². The van der Waals surface area contributed by atoms with Crippen LogP contribution in [-0.2, 0) is 6.42 Å². The van der Waals surface area contributed by atoms with Crippen LogP contribution < -0.4 is 5.32 Å². The summed E-state index contributed by atoms with van der Waals surface area (Å²) in [6.45, 7) is 3.03. The van der Waals surface area contributed by atoms with Crippen molar-refractivity contribution in [2.45, 2.75) is 50.6 Å².